The van der Waals surface area contributed by atoms with Crippen LogP contribution in [0, 0.1) is 2.88 Å². The lowest BCUT2D eigenvalue weighted by atomic mass is 10.2. The van der Waals surface area contributed by atoms with Crippen LogP contribution >= 0.6 is 33.9 Å². The fourth-order valence-electron chi connectivity index (χ4n) is 1.49. The summed E-state index contributed by atoms with van der Waals surface area (Å²) in [6.07, 6.45) is 0.812. The first-order valence-electron chi connectivity index (χ1n) is 5.77. The Hall–Kier alpha value is -0.630. The highest BCUT2D eigenvalue weighted by Crippen LogP contribution is 2.18. The molecule has 0 atom stereocenters. The van der Waals surface area contributed by atoms with Crippen LogP contribution in [0.15, 0.2) is 11.4 Å². The molecule has 0 N–H and O–H groups in total. The van der Waals surface area contributed by atoms with Crippen LogP contribution in [0.1, 0.15) is 30.6 Å². The van der Waals surface area contributed by atoms with E-state index < -0.39 is 0 Å². The summed E-state index contributed by atoms with van der Waals surface area (Å²) in [5.74, 6) is -0.465. The number of thiophene rings is 1. The SMILES string of the molecule is CCCN(CC(=O)OCC)C(=O)c1csc(I)c1. The number of rotatable bonds is 6. The summed E-state index contributed by atoms with van der Waals surface area (Å²) in [7, 11) is 0. The summed E-state index contributed by atoms with van der Waals surface area (Å²) in [5.41, 5.74) is 0.641. The molecular formula is C12H16INO3S. The van der Waals surface area contributed by atoms with Gasteiger partial charge in [-0.2, -0.15) is 0 Å². The molecule has 0 bridgehead atoms. The van der Waals surface area contributed by atoms with Gasteiger partial charge in [0.1, 0.15) is 6.54 Å². The van der Waals surface area contributed by atoms with Gasteiger partial charge in [-0.3, -0.25) is 9.59 Å². The molecule has 1 rings (SSSR count). The van der Waals surface area contributed by atoms with Crippen LogP contribution in [-0.4, -0.2) is 36.5 Å². The largest absolute Gasteiger partial charge is 0.465 e. The fraction of sp³-hybridized carbons (Fsp3) is 0.500. The molecule has 1 amide bonds. The van der Waals surface area contributed by atoms with Gasteiger partial charge in [0.05, 0.1) is 15.1 Å². The Morgan fingerprint density at radius 3 is 2.67 bits per heavy atom. The maximum Gasteiger partial charge on any atom is 0.325 e. The molecule has 0 aliphatic heterocycles. The molecule has 100 valence electrons. The monoisotopic (exact) mass is 381 g/mol. The molecule has 0 aromatic carbocycles. The standard InChI is InChI=1S/C12H16INO3S/c1-3-5-14(7-11(15)17-4-2)12(16)9-6-10(13)18-8-9/h6,8H,3-5,7H2,1-2H3. The fourth-order valence-corrected chi connectivity index (χ4v) is 2.81. The van der Waals surface area contributed by atoms with Crippen molar-refractivity contribution in [3.63, 3.8) is 0 Å². The number of amides is 1. The highest BCUT2D eigenvalue weighted by Gasteiger charge is 2.19. The molecule has 0 saturated heterocycles. The van der Waals surface area contributed by atoms with E-state index in [1.807, 2.05) is 18.4 Å². The Bertz CT molecular complexity index is 419. The topological polar surface area (TPSA) is 46.6 Å². The van der Waals surface area contributed by atoms with Gasteiger partial charge in [-0.25, -0.2) is 0 Å². The number of esters is 1. The number of carbonyl (C=O) groups excluding carboxylic acids is 2. The van der Waals surface area contributed by atoms with Crippen molar-refractivity contribution in [1.29, 1.82) is 0 Å². The van der Waals surface area contributed by atoms with Crippen molar-refractivity contribution < 1.29 is 14.3 Å². The molecule has 4 nitrogen and oxygen atoms in total. The quantitative estimate of drug-likeness (QED) is 0.563. The molecule has 1 aromatic rings. The minimum atomic E-state index is -0.357. The van der Waals surface area contributed by atoms with Gasteiger partial charge in [-0.05, 0) is 42.0 Å². The van der Waals surface area contributed by atoms with E-state index in [4.69, 9.17) is 4.74 Å². The second kappa shape index (κ2) is 7.73. The van der Waals surface area contributed by atoms with Crippen molar-refractivity contribution in [2.45, 2.75) is 20.3 Å². The maximum absolute atomic E-state index is 12.2. The van der Waals surface area contributed by atoms with Crippen molar-refractivity contribution in [2.75, 3.05) is 19.7 Å². The number of halogens is 1. The van der Waals surface area contributed by atoms with E-state index in [0.29, 0.717) is 18.7 Å². The van der Waals surface area contributed by atoms with Crippen LogP contribution in [0.2, 0.25) is 0 Å². The van der Waals surface area contributed by atoms with Gasteiger partial charge in [0.2, 0.25) is 0 Å². The van der Waals surface area contributed by atoms with E-state index in [0.717, 1.165) is 9.30 Å². The minimum absolute atomic E-state index is 0.0208. The molecule has 0 fully saturated rings. The Kier molecular flexibility index (Phi) is 6.62. The third kappa shape index (κ3) is 4.56. The third-order valence-corrected chi connectivity index (χ3v) is 4.01. The van der Waals surface area contributed by atoms with E-state index in [9.17, 15) is 9.59 Å². The molecule has 18 heavy (non-hydrogen) atoms. The average molecular weight is 381 g/mol. The molecular weight excluding hydrogens is 365 g/mol. The number of ether oxygens (including phenoxy) is 1. The van der Waals surface area contributed by atoms with Gasteiger partial charge < -0.3 is 9.64 Å². The summed E-state index contributed by atoms with van der Waals surface area (Å²) in [5, 5.41) is 1.82. The van der Waals surface area contributed by atoms with Crippen molar-refractivity contribution in [1.82, 2.24) is 4.90 Å². The Balaban J connectivity index is 2.71. The third-order valence-electron chi connectivity index (χ3n) is 2.22. The van der Waals surface area contributed by atoms with Crippen molar-refractivity contribution in [2.24, 2.45) is 0 Å². The normalized spacial score (nSPS) is 10.2. The molecule has 1 aromatic heterocycles. The van der Waals surface area contributed by atoms with Crippen molar-refractivity contribution in [3.8, 4) is 0 Å². The van der Waals surface area contributed by atoms with Crippen LogP contribution < -0.4 is 0 Å². The van der Waals surface area contributed by atoms with E-state index in [2.05, 4.69) is 22.6 Å². The van der Waals surface area contributed by atoms with Crippen LogP contribution in [-0.2, 0) is 9.53 Å². The van der Waals surface area contributed by atoms with Gasteiger partial charge in [-0.15, -0.1) is 11.3 Å². The van der Waals surface area contributed by atoms with Gasteiger partial charge >= 0.3 is 5.97 Å². The molecule has 1 heterocycles. The Morgan fingerprint density at radius 1 is 1.44 bits per heavy atom. The minimum Gasteiger partial charge on any atom is -0.465 e. The zero-order valence-corrected chi connectivity index (χ0v) is 13.4. The molecule has 0 unspecified atom stereocenters. The van der Waals surface area contributed by atoms with Crippen LogP contribution in [0.25, 0.3) is 0 Å². The molecule has 6 heteroatoms. The van der Waals surface area contributed by atoms with E-state index in [1.165, 1.54) is 16.2 Å². The number of hydrogen-bond acceptors (Lipinski definition) is 4. The first-order valence-corrected chi connectivity index (χ1v) is 7.73. The van der Waals surface area contributed by atoms with Crippen LogP contribution in [0.3, 0.4) is 0 Å². The zero-order valence-electron chi connectivity index (χ0n) is 10.4. The van der Waals surface area contributed by atoms with E-state index >= 15 is 0 Å². The van der Waals surface area contributed by atoms with Gasteiger partial charge in [0, 0.05) is 11.9 Å². The Labute approximate surface area is 124 Å². The summed E-state index contributed by atoms with van der Waals surface area (Å²) in [4.78, 5) is 25.2. The summed E-state index contributed by atoms with van der Waals surface area (Å²) in [6, 6.07) is 1.83. The Morgan fingerprint density at radius 2 is 2.17 bits per heavy atom. The van der Waals surface area contributed by atoms with Crippen molar-refractivity contribution in [3.05, 3.63) is 19.9 Å². The lowest BCUT2D eigenvalue weighted by Gasteiger charge is -2.20. The van der Waals surface area contributed by atoms with E-state index in [1.54, 1.807) is 6.92 Å². The maximum atomic E-state index is 12.2. The predicted molar refractivity (Wildman–Crippen MR) is 79.9 cm³/mol. The second-order valence-corrected chi connectivity index (χ2v) is 6.48. The average Bonchev–Trinajstić information content (AvgIpc) is 2.75. The lowest BCUT2D eigenvalue weighted by Crippen LogP contribution is -2.36. The molecule has 0 spiro atoms. The molecule has 0 radical (unpaired) electrons. The molecule has 0 saturated carbocycles. The highest BCUT2D eigenvalue weighted by molar-refractivity contribution is 14.1. The summed E-state index contributed by atoms with van der Waals surface area (Å²) >= 11 is 3.69. The second-order valence-electron chi connectivity index (χ2n) is 3.67. The highest BCUT2D eigenvalue weighted by atomic mass is 127. The molecule has 0 aliphatic rings. The van der Waals surface area contributed by atoms with Crippen molar-refractivity contribution >= 4 is 45.8 Å². The van der Waals surface area contributed by atoms with Crippen LogP contribution in [0.5, 0.6) is 0 Å². The first-order chi connectivity index (χ1) is 8.58. The predicted octanol–water partition coefficient (Wildman–Crippen LogP) is 2.77. The summed E-state index contributed by atoms with van der Waals surface area (Å²) in [6.45, 7) is 4.65. The first kappa shape index (κ1) is 15.4. The summed E-state index contributed by atoms with van der Waals surface area (Å²) < 4.78 is 5.94. The number of carbonyl (C=O) groups is 2. The zero-order chi connectivity index (χ0) is 13.5. The van der Waals surface area contributed by atoms with E-state index in [-0.39, 0.29) is 18.4 Å². The molecule has 0 aliphatic carbocycles. The van der Waals surface area contributed by atoms with Gasteiger partial charge in [0.15, 0.2) is 0 Å². The number of nitrogens with zero attached hydrogens (tertiary/aromatic N) is 1. The van der Waals surface area contributed by atoms with Gasteiger partial charge in [0.25, 0.3) is 5.91 Å². The van der Waals surface area contributed by atoms with Gasteiger partial charge in [-0.1, -0.05) is 6.92 Å². The lowest BCUT2D eigenvalue weighted by molar-refractivity contribution is -0.143. The van der Waals surface area contributed by atoms with Crippen LogP contribution in [0.4, 0.5) is 0 Å². The number of hydrogen-bond donors (Lipinski definition) is 0. The smallest absolute Gasteiger partial charge is 0.325 e.